The predicted molar refractivity (Wildman–Crippen MR) is 103 cm³/mol. The van der Waals surface area contributed by atoms with E-state index in [-0.39, 0.29) is 18.1 Å². The van der Waals surface area contributed by atoms with E-state index >= 15 is 0 Å². The number of aryl methyl sites for hydroxylation is 2. The molecule has 0 atom stereocenters. The van der Waals surface area contributed by atoms with Gasteiger partial charge in [0.1, 0.15) is 11.4 Å². The summed E-state index contributed by atoms with van der Waals surface area (Å²) in [5, 5.41) is 25.4. The van der Waals surface area contributed by atoms with Gasteiger partial charge in [-0.1, -0.05) is 12.1 Å². The van der Waals surface area contributed by atoms with Crippen molar-refractivity contribution in [3.63, 3.8) is 0 Å². The van der Waals surface area contributed by atoms with Gasteiger partial charge in [0.2, 0.25) is 0 Å². The Bertz CT molecular complexity index is 874. The normalized spacial score (nSPS) is 10.2. The van der Waals surface area contributed by atoms with Crippen LogP contribution in [0, 0.1) is 24.0 Å². The fourth-order valence-electron chi connectivity index (χ4n) is 2.70. The van der Waals surface area contributed by atoms with Crippen molar-refractivity contribution in [1.82, 2.24) is 5.32 Å². The minimum absolute atomic E-state index is 0.0305. The molecule has 0 spiro atoms. The number of carbonyl (C=O) groups is 2. The minimum Gasteiger partial charge on any atom is -0.481 e. The molecule has 1 amide bonds. The van der Waals surface area contributed by atoms with Gasteiger partial charge in [-0.3, -0.25) is 14.9 Å². The molecule has 0 aromatic heterocycles. The Morgan fingerprint density at radius 2 is 1.79 bits per heavy atom. The van der Waals surface area contributed by atoms with Crippen LogP contribution < -0.4 is 15.4 Å². The number of para-hydroxylation sites is 2. The zero-order chi connectivity index (χ0) is 20.7. The number of carboxylic acids is 1. The summed E-state index contributed by atoms with van der Waals surface area (Å²) in [5.74, 6) is -0.941. The largest absolute Gasteiger partial charge is 0.481 e. The van der Waals surface area contributed by atoms with Crippen molar-refractivity contribution in [2.75, 3.05) is 25.0 Å². The number of hydrogen-bond donors (Lipinski definition) is 3. The maximum atomic E-state index is 12.3. The second kappa shape index (κ2) is 9.36. The van der Waals surface area contributed by atoms with Crippen molar-refractivity contribution in [2.24, 2.45) is 0 Å². The van der Waals surface area contributed by atoms with Crippen LogP contribution in [-0.2, 0) is 4.79 Å². The Morgan fingerprint density at radius 3 is 2.39 bits per heavy atom. The van der Waals surface area contributed by atoms with E-state index in [1.165, 1.54) is 6.07 Å². The van der Waals surface area contributed by atoms with Gasteiger partial charge in [0, 0.05) is 24.7 Å². The lowest BCUT2D eigenvalue weighted by atomic mass is 10.1. The van der Waals surface area contributed by atoms with Crippen LogP contribution in [0.1, 0.15) is 21.5 Å². The van der Waals surface area contributed by atoms with Crippen LogP contribution in [0.4, 0.5) is 11.4 Å². The first-order valence-corrected chi connectivity index (χ1v) is 8.51. The van der Waals surface area contributed by atoms with Crippen molar-refractivity contribution < 1.29 is 24.4 Å². The van der Waals surface area contributed by atoms with Gasteiger partial charge in [0.25, 0.3) is 11.6 Å². The molecular weight excluding hydrogens is 366 g/mol. The van der Waals surface area contributed by atoms with Crippen LogP contribution in [-0.4, -0.2) is 41.6 Å². The van der Waals surface area contributed by atoms with E-state index in [2.05, 4.69) is 10.6 Å². The van der Waals surface area contributed by atoms with Gasteiger partial charge in [-0.15, -0.1) is 0 Å². The second-order valence-electron chi connectivity index (χ2n) is 6.08. The number of nitrogens with one attached hydrogen (secondary N) is 2. The van der Waals surface area contributed by atoms with Gasteiger partial charge in [0.15, 0.2) is 6.61 Å². The van der Waals surface area contributed by atoms with E-state index < -0.39 is 17.5 Å². The molecule has 0 saturated heterocycles. The third-order valence-corrected chi connectivity index (χ3v) is 3.89. The van der Waals surface area contributed by atoms with Crippen molar-refractivity contribution in [1.29, 1.82) is 0 Å². The summed E-state index contributed by atoms with van der Waals surface area (Å²) in [5.41, 5.74) is 2.09. The van der Waals surface area contributed by atoms with Gasteiger partial charge in [-0.05, 0) is 43.2 Å². The maximum absolute atomic E-state index is 12.3. The minimum atomic E-state index is -1.08. The van der Waals surface area contributed by atoms with Gasteiger partial charge in [-0.2, -0.15) is 0 Å². The highest BCUT2D eigenvalue weighted by atomic mass is 16.6. The van der Waals surface area contributed by atoms with Crippen molar-refractivity contribution in [2.45, 2.75) is 13.8 Å². The lowest BCUT2D eigenvalue weighted by molar-refractivity contribution is -0.384. The van der Waals surface area contributed by atoms with Gasteiger partial charge < -0.3 is 20.5 Å². The molecule has 0 fully saturated rings. The van der Waals surface area contributed by atoms with E-state index in [0.29, 0.717) is 34.7 Å². The molecule has 0 aliphatic carbocycles. The first-order valence-electron chi connectivity index (χ1n) is 8.51. The summed E-state index contributed by atoms with van der Waals surface area (Å²) in [7, 11) is 0. The standard InChI is InChI=1S/C19H21N3O6/c1-12-9-14(10-13(2)18(12)28-11-17(23)24)19(25)21-8-7-20-15-5-3-4-6-16(15)22(26)27/h3-6,9-10,20H,7-8,11H2,1-2H3,(H,21,25)(H,23,24). The summed E-state index contributed by atoms with van der Waals surface area (Å²) in [4.78, 5) is 33.5. The van der Waals surface area contributed by atoms with E-state index in [4.69, 9.17) is 9.84 Å². The van der Waals surface area contributed by atoms with E-state index in [1.54, 1.807) is 44.2 Å². The number of amides is 1. The molecule has 28 heavy (non-hydrogen) atoms. The maximum Gasteiger partial charge on any atom is 0.341 e. The molecule has 3 N–H and O–H groups in total. The van der Waals surface area contributed by atoms with Crippen molar-refractivity contribution in [3.05, 3.63) is 63.2 Å². The lowest BCUT2D eigenvalue weighted by Gasteiger charge is -2.13. The third-order valence-electron chi connectivity index (χ3n) is 3.89. The van der Waals surface area contributed by atoms with Crippen LogP contribution in [0.25, 0.3) is 0 Å². The topological polar surface area (TPSA) is 131 Å². The van der Waals surface area contributed by atoms with E-state index in [1.807, 2.05) is 0 Å². The zero-order valence-electron chi connectivity index (χ0n) is 15.5. The fraction of sp³-hybridized carbons (Fsp3) is 0.263. The Balaban J connectivity index is 1.93. The SMILES string of the molecule is Cc1cc(C(=O)NCCNc2ccccc2[N+](=O)[O-])cc(C)c1OCC(=O)O. The molecular formula is C19H21N3O6. The van der Waals surface area contributed by atoms with Crippen molar-refractivity contribution >= 4 is 23.3 Å². The van der Waals surface area contributed by atoms with Crippen LogP contribution in [0.5, 0.6) is 5.75 Å². The molecule has 0 aliphatic heterocycles. The molecule has 2 rings (SSSR count). The summed E-state index contributed by atoms with van der Waals surface area (Å²) < 4.78 is 5.25. The fourth-order valence-corrected chi connectivity index (χ4v) is 2.70. The molecule has 0 unspecified atom stereocenters. The number of ether oxygens (including phenoxy) is 1. The Morgan fingerprint density at radius 1 is 1.14 bits per heavy atom. The van der Waals surface area contributed by atoms with E-state index in [0.717, 1.165) is 0 Å². The molecule has 9 nitrogen and oxygen atoms in total. The number of nitro benzene ring substituents is 1. The van der Waals surface area contributed by atoms with Gasteiger partial charge in [-0.25, -0.2) is 4.79 Å². The predicted octanol–water partition coefficient (Wildman–Crippen LogP) is 2.52. The molecule has 0 bridgehead atoms. The second-order valence-corrected chi connectivity index (χ2v) is 6.08. The highest BCUT2D eigenvalue weighted by Crippen LogP contribution is 2.25. The zero-order valence-corrected chi connectivity index (χ0v) is 15.5. The third kappa shape index (κ3) is 5.44. The first-order chi connectivity index (χ1) is 13.3. The highest BCUT2D eigenvalue weighted by molar-refractivity contribution is 5.95. The molecule has 0 saturated carbocycles. The summed E-state index contributed by atoms with van der Waals surface area (Å²) >= 11 is 0. The number of benzene rings is 2. The molecule has 148 valence electrons. The summed E-state index contributed by atoms with van der Waals surface area (Å²) in [6, 6.07) is 9.51. The number of nitro groups is 1. The van der Waals surface area contributed by atoms with Gasteiger partial charge in [0.05, 0.1) is 4.92 Å². The van der Waals surface area contributed by atoms with Crippen LogP contribution in [0.3, 0.4) is 0 Å². The number of anilines is 1. The number of carboxylic acid groups (broad SMARTS) is 1. The summed E-state index contributed by atoms with van der Waals surface area (Å²) in [6.07, 6.45) is 0. The Hall–Kier alpha value is -3.62. The molecule has 0 heterocycles. The smallest absolute Gasteiger partial charge is 0.341 e. The molecule has 9 heteroatoms. The number of nitrogens with zero attached hydrogens (tertiary/aromatic N) is 1. The molecule has 0 radical (unpaired) electrons. The highest BCUT2D eigenvalue weighted by Gasteiger charge is 2.14. The Kier molecular flexibility index (Phi) is 6.91. The average Bonchev–Trinajstić information content (AvgIpc) is 2.64. The molecule has 2 aromatic carbocycles. The number of rotatable bonds is 9. The van der Waals surface area contributed by atoms with Gasteiger partial charge >= 0.3 is 5.97 Å². The number of aliphatic carboxylic acids is 1. The van der Waals surface area contributed by atoms with Crippen LogP contribution >= 0.6 is 0 Å². The quantitative estimate of drug-likeness (QED) is 0.342. The summed E-state index contributed by atoms with van der Waals surface area (Å²) in [6.45, 7) is 3.59. The lowest BCUT2D eigenvalue weighted by Crippen LogP contribution is -2.29. The molecule has 0 aliphatic rings. The van der Waals surface area contributed by atoms with E-state index in [9.17, 15) is 19.7 Å². The van der Waals surface area contributed by atoms with Crippen LogP contribution in [0.15, 0.2) is 36.4 Å². The molecule has 2 aromatic rings. The van der Waals surface area contributed by atoms with Crippen LogP contribution in [0.2, 0.25) is 0 Å². The first kappa shape index (κ1) is 20.7. The Labute approximate surface area is 161 Å². The monoisotopic (exact) mass is 387 g/mol. The average molecular weight is 387 g/mol. The number of hydrogen-bond acceptors (Lipinski definition) is 6. The number of carbonyl (C=O) groups excluding carboxylic acids is 1. The van der Waals surface area contributed by atoms with Crippen molar-refractivity contribution in [3.8, 4) is 5.75 Å².